The van der Waals surface area contributed by atoms with Gasteiger partial charge < -0.3 is 24.4 Å². The number of morpholine rings is 1. The summed E-state index contributed by atoms with van der Waals surface area (Å²) in [7, 11) is 1.25. The van der Waals surface area contributed by atoms with Crippen molar-refractivity contribution in [2.45, 2.75) is 18.2 Å². The number of alkyl carbamates (subject to hydrolysis) is 1. The van der Waals surface area contributed by atoms with E-state index in [1.54, 1.807) is 15.5 Å². The van der Waals surface area contributed by atoms with Crippen LogP contribution in [0.2, 0.25) is 0 Å². The van der Waals surface area contributed by atoms with E-state index in [4.69, 9.17) is 9.47 Å². The van der Waals surface area contributed by atoms with E-state index in [9.17, 15) is 9.59 Å². The summed E-state index contributed by atoms with van der Waals surface area (Å²) < 4.78 is 17.6. The molecule has 1 unspecified atom stereocenters. The van der Waals surface area contributed by atoms with Crippen molar-refractivity contribution in [2.75, 3.05) is 46.2 Å². The Morgan fingerprint density at radius 1 is 1.43 bits per heavy atom. The lowest BCUT2D eigenvalue weighted by atomic mass is 10.3. The van der Waals surface area contributed by atoms with Gasteiger partial charge in [0.25, 0.3) is 5.78 Å². The van der Waals surface area contributed by atoms with Crippen molar-refractivity contribution in [1.82, 2.24) is 29.8 Å². The van der Waals surface area contributed by atoms with Crippen LogP contribution in [0.15, 0.2) is 11.2 Å². The van der Waals surface area contributed by atoms with E-state index in [0.29, 0.717) is 36.5 Å². The first-order valence-electron chi connectivity index (χ1n) is 8.62. The van der Waals surface area contributed by atoms with Gasteiger partial charge in [-0.1, -0.05) is 11.8 Å². The third-order valence-electron chi connectivity index (χ3n) is 4.05. The summed E-state index contributed by atoms with van der Waals surface area (Å²) in [5.74, 6) is 0.769. The summed E-state index contributed by atoms with van der Waals surface area (Å²) >= 11 is 1.42. The summed E-state index contributed by atoms with van der Waals surface area (Å²) in [6.45, 7) is 3.18. The molecule has 0 aromatic carbocycles. The van der Waals surface area contributed by atoms with E-state index >= 15 is 0 Å². The summed E-state index contributed by atoms with van der Waals surface area (Å²) in [4.78, 5) is 33.6. The van der Waals surface area contributed by atoms with Crippen molar-refractivity contribution in [3.05, 3.63) is 11.8 Å². The molecule has 1 saturated heterocycles. The number of nitrogens with one attached hydrogen (secondary N) is 1. The lowest BCUT2D eigenvalue weighted by molar-refractivity contribution is -0.138. The van der Waals surface area contributed by atoms with Gasteiger partial charge in [-0.3, -0.25) is 4.79 Å². The van der Waals surface area contributed by atoms with E-state index in [2.05, 4.69) is 25.1 Å². The van der Waals surface area contributed by atoms with E-state index in [0.717, 1.165) is 5.69 Å². The molecule has 0 spiro atoms. The molecule has 1 aliphatic rings. The molecule has 1 fully saturated rings. The molecule has 3 rings (SSSR count). The minimum Gasteiger partial charge on any atom is -0.475 e. The van der Waals surface area contributed by atoms with Crippen molar-refractivity contribution in [1.29, 1.82) is 0 Å². The second kappa shape index (κ2) is 9.06. The Hall–Kier alpha value is -2.60. The molecule has 2 aromatic rings. The van der Waals surface area contributed by atoms with Gasteiger partial charge in [0.1, 0.15) is 19.3 Å². The van der Waals surface area contributed by atoms with Crippen LogP contribution in [0.4, 0.5) is 4.79 Å². The number of carbonyl (C=O) groups excluding carboxylic acids is 2. The fourth-order valence-electron chi connectivity index (χ4n) is 2.68. The smallest absolute Gasteiger partial charge is 0.407 e. The Kier molecular flexibility index (Phi) is 6.52. The summed E-state index contributed by atoms with van der Waals surface area (Å²) in [6, 6.07) is 1.78. The highest BCUT2D eigenvalue weighted by molar-refractivity contribution is 7.98. The number of hydrogen-bond donors (Lipinski definition) is 1. The molecular weight excluding hydrogens is 388 g/mol. The van der Waals surface area contributed by atoms with Gasteiger partial charge >= 0.3 is 6.09 Å². The van der Waals surface area contributed by atoms with Crippen molar-refractivity contribution >= 4 is 29.5 Å². The number of aromatic nitrogens is 4. The van der Waals surface area contributed by atoms with Gasteiger partial charge in [-0.05, 0) is 13.2 Å². The number of hydrogen-bond acceptors (Lipinski definition) is 9. The number of fused-ring (bicyclic) bond motifs is 1. The second-order valence-electron chi connectivity index (χ2n) is 6.03. The summed E-state index contributed by atoms with van der Waals surface area (Å²) in [6.07, 6.45) is 0.942. The van der Waals surface area contributed by atoms with E-state index in [1.165, 1.54) is 18.9 Å². The number of carbonyl (C=O) groups is 2. The quantitative estimate of drug-likeness (QED) is 0.662. The average molecular weight is 410 g/mol. The van der Waals surface area contributed by atoms with Crippen LogP contribution in [-0.4, -0.2) is 88.8 Å². The van der Waals surface area contributed by atoms with Gasteiger partial charge in [-0.25, -0.2) is 9.78 Å². The Bertz CT molecular complexity index is 859. The Morgan fingerprint density at radius 2 is 2.25 bits per heavy atom. The topological polar surface area (TPSA) is 120 Å². The zero-order valence-corrected chi connectivity index (χ0v) is 16.7. The monoisotopic (exact) mass is 410 g/mol. The van der Waals surface area contributed by atoms with E-state index < -0.39 is 6.09 Å². The molecule has 0 saturated carbocycles. The zero-order valence-electron chi connectivity index (χ0n) is 15.9. The number of rotatable bonds is 6. The van der Waals surface area contributed by atoms with Crippen LogP contribution >= 0.6 is 11.8 Å². The molecule has 1 N–H and O–H groups in total. The van der Waals surface area contributed by atoms with Crippen LogP contribution in [0, 0.1) is 6.92 Å². The molecule has 28 heavy (non-hydrogen) atoms. The van der Waals surface area contributed by atoms with Crippen molar-refractivity contribution in [3.8, 4) is 5.88 Å². The number of amides is 2. The predicted molar refractivity (Wildman–Crippen MR) is 99.5 cm³/mol. The van der Waals surface area contributed by atoms with E-state index in [-0.39, 0.29) is 25.2 Å². The highest BCUT2D eigenvalue weighted by Crippen LogP contribution is 2.18. The maximum Gasteiger partial charge on any atom is 0.407 e. The van der Waals surface area contributed by atoms with Crippen molar-refractivity contribution in [2.24, 2.45) is 0 Å². The molecule has 12 heteroatoms. The first-order valence-corrected chi connectivity index (χ1v) is 9.85. The molecule has 2 amide bonds. The molecular formula is C16H22N6O5S. The number of methoxy groups -OCH3 is 1. The molecule has 1 aliphatic heterocycles. The van der Waals surface area contributed by atoms with Crippen molar-refractivity contribution in [3.63, 3.8) is 0 Å². The second-order valence-corrected chi connectivity index (χ2v) is 6.81. The van der Waals surface area contributed by atoms with Crippen LogP contribution in [-0.2, 0) is 14.3 Å². The third-order valence-corrected chi connectivity index (χ3v) is 4.59. The maximum absolute atomic E-state index is 12.2. The molecule has 11 nitrogen and oxygen atoms in total. The van der Waals surface area contributed by atoms with Crippen LogP contribution in [0.25, 0.3) is 5.78 Å². The largest absolute Gasteiger partial charge is 0.475 e. The zero-order chi connectivity index (χ0) is 20.1. The van der Waals surface area contributed by atoms with Crippen LogP contribution in [0.3, 0.4) is 0 Å². The van der Waals surface area contributed by atoms with Gasteiger partial charge in [0.15, 0.2) is 0 Å². The normalized spacial score (nSPS) is 16.8. The van der Waals surface area contributed by atoms with Gasteiger partial charge in [-0.2, -0.15) is 9.50 Å². The number of thioether (sulfide) groups is 1. The number of ether oxygens (including phenoxy) is 3. The molecule has 152 valence electrons. The van der Waals surface area contributed by atoms with Crippen molar-refractivity contribution < 1.29 is 23.8 Å². The standard InChI is InChI=1S/C16H22N6O5S/c1-10-6-13(22-14(18-10)19-15(20-22)28-3)27-9-11-8-21(4-5-26-11)12(23)7-17-16(24)25-2/h6,11H,4-5,7-9H2,1-3H3,(H,17,24). The average Bonchev–Trinajstić information content (AvgIpc) is 3.13. The van der Waals surface area contributed by atoms with Crippen LogP contribution in [0.5, 0.6) is 5.88 Å². The molecule has 0 radical (unpaired) electrons. The molecule has 1 atom stereocenters. The molecule has 3 heterocycles. The van der Waals surface area contributed by atoms with Crippen LogP contribution in [0.1, 0.15) is 5.69 Å². The van der Waals surface area contributed by atoms with Gasteiger partial charge in [0.2, 0.25) is 16.9 Å². The minimum absolute atomic E-state index is 0.124. The maximum atomic E-state index is 12.2. The fraction of sp³-hybridized carbons (Fsp3) is 0.562. The SMILES string of the molecule is COC(=O)NCC(=O)N1CCOC(COc2cc(C)nc3nc(SC)nn23)C1. The summed E-state index contributed by atoms with van der Waals surface area (Å²) in [5, 5.41) is 7.34. The van der Waals surface area contributed by atoms with Crippen LogP contribution < -0.4 is 10.1 Å². The third kappa shape index (κ3) is 4.81. The lowest BCUT2D eigenvalue weighted by Gasteiger charge is -2.32. The molecule has 0 aliphatic carbocycles. The first kappa shape index (κ1) is 20.1. The highest BCUT2D eigenvalue weighted by Gasteiger charge is 2.25. The Morgan fingerprint density at radius 3 is 3.00 bits per heavy atom. The fourth-order valence-corrected chi connectivity index (χ4v) is 3.02. The summed E-state index contributed by atoms with van der Waals surface area (Å²) in [5.41, 5.74) is 0.762. The number of nitrogens with zero attached hydrogens (tertiary/aromatic N) is 5. The Balaban J connectivity index is 1.60. The predicted octanol–water partition coefficient (Wildman–Crippen LogP) is 0.117. The van der Waals surface area contributed by atoms with E-state index in [1.807, 2.05) is 13.2 Å². The molecule has 2 aromatic heterocycles. The minimum atomic E-state index is -0.643. The number of aryl methyl sites for hydroxylation is 1. The van der Waals surface area contributed by atoms with Gasteiger partial charge in [0.05, 0.1) is 20.3 Å². The Labute approximate surface area is 165 Å². The highest BCUT2D eigenvalue weighted by atomic mass is 32.2. The lowest BCUT2D eigenvalue weighted by Crippen LogP contribution is -2.50. The molecule has 0 bridgehead atoms. The van der Waals surface area contributed by atoms with Gasteiger partial charge in [-0.15, -0.1) is 5.10 Å². The van der Waals surface area contributed by atoms with Gasteiger partial charge in [0, 0.05) is 18.3 Å². The first-order chi connectivity index (χ1) is 13.5.